The normalized spacial score (nSPS) is 22.9. The van der Waals surface area contributed by atoms with Crippen LogP contribution in [0.2, 0.25) is 0 Å². The summed E-state index contributed by atoms with van der Waals surface area (Å²) >= 11 is 0. The highest BCUT2D eigenvalue weighted by Crippen LogP contribution is 2.38. The Hall–Kier alpha value is -2.96. The van der Waals surface area contributed by atoms with Gasteiger partial charge in [0.1, 0.15) is 6.10 Å². The molecule has 1 fully saturated rings. The summed E-state index contributed by atoms with van der Waals surface area (Å²) in [6.07, 6.45) is 5.19. The smallest absolute Gasteiger partial charge is 0.463 e. The molecule has 3 N–H and O–H groups in total. The van der Waals surface area contributed by atoms with E-state index in [1.807, 2.05) is 12.2 Å². The molecule has 8 atom stereocenters. The van der Waals surface area contributed by atoms with Crippen LogP contribution in [-0.4, -0.2) is 82.3 Å². The zero-order valence-corrected chi connectivity index (χ0v) is 26.9. The second-order valence-electron chi connectivity index (χ2n) is 11.4. The Labute approximate surface area is 260 Å². The van der Waals surface area contributed by atoms with Gasteiger partial charge in [-0.15, -0.1) is 0 Å². The van der Waals surface area contributed by atoms with E-state index in [0.29, 0.717) is 32.1 Å². The van der Waals surface area contributed by atoms with Crippen molar-refractivity contribution in [2.24, 2.45) is 11.8 Å². The minimum Gasteiger partial charge on any atom is -0.463 e. The zero-order chi connectivity index (χ0) is 33.2. The molecular weight excluding hydrogens is 576 g/mol. The molecule has 252 valence electrons. The fraction of sp³-hybridized carbons (Fsp3) is 0.750. The Bertz CT molecular complexity index is 944. The monoisotopic (exact) mass is 628 g/mol. The van der Waals surface area contributed by atoms with Crippen molar-refractivity contribution in [3.05, 3.63) is 24.3 Å². The van der Waals surface area contributed by atoms with E-state index in [-0.39, 0.29) is 24.4 Å². The lowest BCUT2D eigenvalue weighted by Gasteiger charge is -2.23. The number of hydrogen-bond acceptors (Lipinski definition) is 12. The molecule has 12 heteroatoms. The van der Waals surface area contributed by atoms with Crippen LogP contribution in [0.3, 0.4) is 0 Å². The van der Waals surface area contributed by atoms with E-state index in [1.54, 1.807) is 26.0 Å². The summed E-state index contributed by atoms with van der Waals surface area (Å²) < 4.78 is 25.3. The van der Waals surface area contributed by atoms with Crippen molar-refractivity contribution in [3.8, 4) is 0 Å². The molecule has 3 unspecified atom stereocenters. The van der Waals surface area contributed by atoms with Gasteiger partial charge in [-0.3, -0.25) is 4.79 Å². The van der Waals surface area contributed by atoms with E-state index in [1.165, 1.54) is 20.8 Å². The van der Waals surface area contributed by atoms with Crippen LogP contribution in [0.25, 0.3) is 0 Å². The van der Waals surface area contributed by atoms with E-state index in [0.717, 1.165) is 19.3 Å². The van der Waals surface area contributed by atoms with Crippen LogP contribution in [-0.2, 0) is 38.1 Å². The second kappa shape index (κ2) is 20.9. The molecule has 1 rings (SSSR count). The average molecular weight is 629 g/mol. The predicted octanol–water partition coefficient (Wildman–Crippen LogP) is 4.27. The summed E-state index contributed by atoms with van der Waals surface area (Å²) in [7, 11) is 0. The number of rotatable bonds is 19. The summed E-state index contributed by atoms with van der Waals surface area (Å²) in [5.74, 6) is -3.00. The maximum atomic E-state index is 12.6. The molecule has 12 nitrogen and oxygen atoms in total. The van der Waals surface area contributed by atoms with Gasteiger partial charge in [0.05, 0.1) is 18.3 Å². The summed E-state index contributed by atoms with van der Waals surface area (Å²) in [5.41, 5.74) is 0. The van der Waals surface area contributed by atoms with Crippen LogP contribution >= 0.6 is 0 Å². The third kappa shape index (κ3) is 15.7. The SMILES string of the molecule is CCCCC[C@H](O)/C=C/[C@@H]1[C@@H](C/C=C\CCCC(=O)OC(C)C)[C@@H](OC(=O)OC(C)C(=O)OC(C)C(=O)OC(C)O)C[C@H]1O. The van der Waals surface area contributed by atoms with Crippen molar-refractivity contribution < 1.29 is 58.2 Å². The predicted molar refractivity (Wildman–Crippen MR) is 160 cm³/mol. The maximum absolute atomic E-state index is 12.6. The Balaban J connectivity index is 2.84. The Morgan fingerprint density at radius 3 is 2.16 bits per heavy atom. The van der Waals surface area contributed by atoms with Gasteiger partial charge in [0, 0.05) is 24.7 Å². The minimum atomic E-state index is -1.41. The maximum Gasteiger partial charge on any atom is 0.509 e. The van der Waals surface area contributed by atoms with E-state index >= 15 is 0 Å². The number of esters is 3. The van der Waals surface area contributed by atoms with Crippen molar-refractivity contribution in [1.29, 1.82) is 0 Å². The van der Waals surface area contributed by atoms with Crippen LogP contribution < -0.4 is 0 Å². The number of carbonyl (C=O) groups is 4. The summed E-state index contributed by atoms with van der Waals surface area (Å²) in [4.78, 5) is 48.5. The van der Waals surface area contributed by atoms with E-state index in [2.05, 4.69) is 11.7 Å². The third-order valence-corrected chi connectivity index (χ3v) is 7.01. The lowest BCUT2D eigenvalue weighted by atomic mass is 9.89. The average Bonchev–Trinajstić information content (AvgIpc) is 3.21. The third-order valence-electron chi connectivity index (χ3n) is 7.01. The van der Waals surface area contributed by atoms with Crippen LogP contribution in [0.4, 0.5) is 4.79 Å². The zero-order valence-electron chi connectivity index (χ0n) is 26.9. The molecule has 0 amide bonds. The summed E-state index contributed by atoms with van der Waals surface area (Å²) in [6.45, 7) is 9.39. The Kier molecular flexibility index (Phi) is 18.6. The van der Waals surface area contributed by atoms with Crippen molar-refractivity contribution in [2.75, 3.05) is 0 Å². The number of allylic oxidation sites excluding steroid dienone is 2. The highest BCUT2D eigenvalue weighted by molar-refractivity contribution is 5.82. The highest BCUT2D eigenvalue weighted by atomic mass is 16.7. The van der Waals surface area contributed by atoms with Gasteiger partial charge in [-0.2, -0.15) is 0 Å². The molecule has 0 aromatic rings. The van der Waals surface area contributed by atoms with Crippen molar-refractivity contribution in [2.45, 2.75) is 142 Å². The quantitative estimate of drug-likeness (QED) is 0.0610. The molecule has 44 heavy (non-hydrogen) atoms. The molecule has 0 spiro atoms. The van der Waals surface area contributed by atoms with Crippen molar-refractivity contribution >= 4 is 24.1 Å². The summed E-state index contributed by atoms with van der Waals surface area (Å²) in [5, 5.41) is 30.4. The minimum absolute atomic E-state index is 0.122. The Morgan fingerprint density at radius 1 is 0.864 bits per heavy atom. The van der Waals surface area contributed by atoms with E-state index in [9.17, 15) is 29.4 Å². The first kappa shape index (κ1) is 39.1. The van der Waals surface area contributed by atoms with Crippen molar-refractivity contribution in [1.82, 2.24) is 0 Å². The highest BCUT2D eigenvalue weighted by Gasteiger charge is 2.43. The first-order chi connectivity index (χ1) is 20.7. The van der Waals surface area contributed by atoms with Crippen molar-refractivity contribution in [3.63, 3.8) is 0 Å². The van der Waals surface area contributed by atoms with Crippen LogP contribution in [0.15, 0.2) is 24.3 Å². The van der Waals surface area contributed by atoms with Gasteiger partial charge in [0.2, 0.25) is 0 Å². The molecule has 0 aliphatic heterocycles. The lowest BCUT2D eigenvalue weighted by Crippen LogP contribution is -2.35. The number of carbonyl (C=O) groups excluding carboxylic acids is 4. The van der Waals surface area contributed by atoms with E-state index < -0.39 is 60.8 Å². The number of aliphatic hydroxyl groups excluding tert-OH is 3. The number of hydrogen-bond donors (Lipinski definition) is 3. The second-order valence-corrected chi connectivity index (χ2v) is 11.4. The van der Waals surface area contributed by atoms with Crippen LogP contribution in [0.1, 0.15) is 99.3 Å². The lowest BCUT2D eigenvalue weighted by molar-refractivity contribution is -0.184. The largest absolute Gasteiger partial charge is 0.509 e. The molecule has 0 radical (unpaired) electrons. The fourth-order valence-electron chi connectivity index (χ4n) is 4.76. The van der Waals surface area contributed by atoms with Crippen LogP contribution in [0.5, 0.6) is 0 Å². The molecule has 0 aromatic carbocycles. The molecule has 0 heterocycles. The summed E-state index contributed by atoms with van der Waals surface area (Å²) in [6, 6.07) is 0. The molecule has 0 saturated heterocycles. The van der Waals surface area contributed by atoms with Gasteiger partial charge in [-0.05, 0) is 60.3 Å². The number of aliphatic hydroxyl groups is 3. The molecule has 1 aliphatic carbocycles. The van der Waals surface area contributed by atoms with Gasteiger partial charge in [-0.25, -0.2) is 14.4 Å². The molecule has 1 saturated carbocycles. The fourth-order valence-corrected chi connectivity index (χ4v) is 4.76. The Morgan fingerprint density at radius 2 is 1.52 bits per heavy atom. The van der Waals surface area contributed by atoms with E-state index in [4.69, 9.17) is 24.1 Å². The number of unbranched alkanes of at least 4 members (excludes halogenated alkanes) is 3. The molecule has 1 aliphatic rings. The first-order valence-electron chi connectivity index (χ1n) is 15.6. The first-order valence-corrected chi connectivity index (χ1v) is 15.6. The molecule has 0 aromatic heterocycles. The van der Waals surface area contributed by atoms with Gasteiger partial charge in [0.25, 0.3) is 0 Å². The van der Waals surface area contributed by atoms with Gasteiger partial charge in [-0.1, -0.05) is 50.5 Å². The van der Waals surface area contributed by atoms with Gasteiger partial charge >= 0.3 is 24.1 Å². The number of ether oxygens (including phenoxy) is 5. The van der Waals surface area contributed by atoms with Gasteiger partial charge < -0.3 is 39.0 Å². The molecule has 0 bridgehead atoms. The topological polar surface area (TPSA) is 175 Å². The van der Waals surface area contributed by atoms with Gasteiger partial charge in [0.15, 0.2) is 18.5 Å². The molecular formula is C32H52O12. The van der Waals surface area contributed by atoms with Crippen LogP contribution in [0, 0.1) is 11.8 Å². The standard InChI is InChI=1S/C32H52O12/c1-7-8-11-14-24(34)17-18-25-26(15-12-9-10-13-16-29(36)40-20(2)3)28(19-27(25)35)44-32(39)42-22(5)30(37)41-21(4)31(38)43-23(6)33/h9,12,17-18,20-28,33-35H,7-8,10-11,13-16,19H2,1-6H3/b12-9-,18-17+/t21?,22?,23?,24-,25+,26+,27+,28-/m0/s1.